The molecule has 0 aromatic heterocycles. The molecule has 1 aromatic carbocycles. The Morgan fingerprint density at radius 3 is 1.32 bits per heavy atom. The van der Waals surface area contributed by atoms with E-state index in [-0.39, 0.29) is 13.2 Å². The van der Waals surface area contributed by atoms with E-state index in [4.69, 9.17) is 10.2 Å². The first-order valence-electron chi connectivity index (χ1n) is 7.52. The van der Waals surface area contributed by atoms with Crippen molar-refractivity contribution in [2.24, 2.45) is 0 Å². The first-order valence-corrected chi connectivity index (χ1v) is 7.52. The summed E-state index contributed by atoms with van der Waals surface area (Å²) in [4.78, 5) is 19.5. The van der Waals surface area contributed by atoms with Crippen LogP contribution in [0.2, 0.25) is 0 Å². The smallest absolute Gasteiger partial charge is 0.378 e. The van der Waals surface area contributed by atoms with E-state index in [2.05, 4.69) is 95.3 Å². The van der Waals surface area contributed by atoms with Gasteiger partial charge in [0, 0.05) is 6.08 Å². The number of hydrogen-bond acceptors (Lipinski definition) is 5. The Balaban J connectivity index is -0.0000000464. The molecule has 5 heteroatoms. The van der Waals surface area contributed by atoms with Gasteiger partial charge in [0.05, 0.1) is 13.2 Å². The minimum absolute atomic E-state index is 0.125. The highest BCUT2D eigenvalue weighted by Gasteiger charge is 1.97. The number of carbonyl (C=O) groups is 1. The number of para-hydroxylation sites is 1. The van der Waals surface area contributed by atoms with Crippen LogP contribution in [0.15, 0.2) is 122 Å². The fourth-order valence-corrected chi connectivity index (χ4v) is 0.599. The Morgan fingerprint density at radius 1 is 0.750 bits per heavy atom. The quantitative estimate of drug-likeness (QED) is 0.305. The molecule has 0 fully saturated rings. The van der Waals surface area contributed by atoms with E-state index in [0.29, 0.717) is 5.75 Å². The molecule has 0 unspecified atom stereocenters. The van der Waals surface area contributed by atoms with Crippen molar-refractivity contribution in [2.75, 3.05) is 13.2 Å². The lowest BCUT2D eigenvalue weighted by Crippen LogP contribution is -2.03. The van der Waals surface area contributed by atoms with Gasteiger partial charge in [0.15, 0.2) is 5.75 Å². The van der Waals surface area contributed by atoms with Crippen molar-refractivity contribution in [1.29, 1.82) is 0 Å². The standard InChI is InChI=1S/C9H8O3.C2H6O2.6C2H4/c1-2-9(10)12-11-8-6-4-3-5-7-8;3-1-2-4;6*1-2/h2-7H,1H2;3-4H,1-2H2;6*1-2H2. The van der Waals surface area contributed by atoms with Crippen LogP contribution < -0.4 is 4.89 Å². The summed E-state index contributed by atoms with van der Waals surface area (Å²) < 4.78 is 0. The highest BCUT2D eigenvalue weighted by Crippen LogP contribution is 2.08. The predicted molar refractivity (Wildman–Crippen MR) is 125 cm³/mol. The van der Waals surface area contributed by atoms with Gasteiger partial charge in [-0.3, -0.25) is 4.89 Å². The van der Waals surface area contributed by atoms with Gasteiger partial charge in [0.1, 0.15) is 0 Å². The maximum absolute atomic E-state index is 10.5. The fraction of sp³-hybridized carbons (Fsp3) is 0.0870. The highest BCUT2D eigenvalue weighted by molar-refractivity contribution is 5.80. The molecule has 1 rings (SSSR count). The van der Waals surface area contributed by atoms with Gasteiger partial charge in [-0.2, -0.15) is 0 Å². The first-order chi connectivity index (χ1) is 13.7. The van der Waals surface area contributed by atoms with Crippen LogP contribution in [0.4, 0.5) is 0 Å². The van der Waals surface area contributed by atoms with Crippen LogP contribution in [-0.4, -0.2) is 29.4 Å². The van der Waals surface area contributed by atoms with E-state index in [0.717, 1.165) is 6.08 Å². The van der Waals surface area contributed by atoms with Crippen molar-refractivity contribution in [3.8, 4) is 5.75 Å². The van der Waals surface area contributed by atoms with E-state index in [1.54, 1.807) is 24.3 Å². The largest absolute Gasteiger partial charge is 0.394 e. The molecule has 0 aliphatic carbocycles. The third-order valence-electron chi connectivity index (χ3n) is 1.23. The Bertz CT molecular complexity index is 362. The Labute approximate surface area is 172 Å². The number of hydrogen-bond donors (Lipinski definition) is 2. The highest BCUT2D eigenvalue weighted by atomic mass is 17.2. The molecule has 0 bridgehead atoms. The Kier molecular flexibility index (Phi) is 120. The molecule has 1 aromatic rings. The number of benzene rings is 1. The third-order valence-corrected chi connectivity index (χ3v) is 1.23. The molecule has 0 aliphatic heterocycles. The predicted octanol–water partition coefficient (Wildman–Crippen LogP) is 5.49. The molecule has 160 valence electrons. The minimum Gasteiger partial charge on any atom is -0.394 e. The Hall–Kier alpha value is -3.41. The van der Waals surface area contributed by atoms with E-state index in [1.807, 2.05) is 6.07 Å². The molecule has 5 nitrogen and oxygen atoms in total. The summed E-state index contributed by atoms with van der Waals surface area (Å²) >= 11 is 0. The normalized spacial score (nSPS) is 5.64. The maximum atomic E-state index is 10.5. The molecule has 0 spiro atoms. The van der Waals surface area contributed by atoms with Crippen LogP contribution in [-0.2, 0) is 9.68 Å². The van der Waals surface area contributed by atoms with Crippen LogP contribution in [0.5, 0.6) is 5.75 Å². The van der Waals surface area contributed by atoms with Gasteiger partial charge < -0.3 is 10.2 Å². The van der Waals surface area contributed by atoms with Gasteiger partial charge in [-0.25, -0.2) is 9.68 Å². The lowest BCUT2D eigenvalue weighted by molar-refractivity contribution is -0.207. The van der Waals surface area contributed by atoms with E-state index >= 15 is 0 Å². The molecule has 0 atom stereocenters. The van der Waals surface area contributed by atoms with Gasteiger partial charge in [0.2, 0.25) is 0 Å². The second kappa shape index (κ2) is 75.9. The van der Waals surface area contributed by atoms with Crippen molar-refractivity contribution >= 4 is 5.97 Å². The van der Waals surface area contributed by atoms with Crippen molar-refractivity contribution in [3.05, 3.63) is 122 Å². The zero-order valence-corrected chi connectivity index (χ0v) is 17.2. The van der Waals surface area contributed by atoms with E-state index in [9.17, 15) is 4.79 Å². The molecule has 0 amide bonds. The Morgan fingerprint density at radius 2 is 1.07 bits per heavy atom. The monoisotopic (exact) mass is 394 g/mol. The second-order valence-electron chi connectivity index (χ2n) is 2.45. The maximum Gasteiger partial charge on any atom is 0.378 e. The van der Waals surface area contributed by atoms with E-state index < -0.39 is 5.97 Å². The number of rotatable bonds is 4. The summed E-state index contributed by atoms with van der Waals surface area (Å²) in [6.07, 6.45) is 1.03. The molecule has 2 N–H and O–H groups in total. The minimum atomic E-state index is -0.612. The molecule has 0 aliphatic rings. The molecule has 0 heterocycles. The van der Waals surface area contributed by atoms with Crippen molar-refractivity contribution in [3.63, 3.8) is 0 Å². The van der Waals surface area contributed by atoms with E-state index in [1.165, 1.54) is 0 Å². The van der Waals surface area contributed by atoms with Crippen molar-refractivity contribution < 1.29 is 24.8 Å². The zero-order chi connectivity index (χ0) is 24.2. The van der Waals surface area contributed by atoms with Crippen LogP contribution in [0.1, 0.15) is 0 Å². The first kappa shape index (κ1) is 44.2. The summed E-state index contributed by atoms with van der Waals surface area (Å²) in [5.74, 6) is -0.133. The molecule has 28 heavy (non-hydrogen) atoms. The fourth-order valence-electron chi connectivity index (χ4n) is 0.599. The molecular formula is C23H38O5. The van der Waals surface area contributed by atoms with Crippen molar-refractivity contribution in [1.82, 2.24) is 0 Å². The summed E-state index contributed by atoms with van der Waals surface area (Å²) in [6, 6.07) is 8.74. The lowest BCUT2D eigenvalue weighted by Gasteiger charge is -2.00. The van der Waals surface area contributed by atoms with Crippen LogP contribution in [0, 0.1) is 0 Å². The topological polar surface area (TPSA) is 76.0 Å². The molecular weight excluding hydrogens is 356 g/mol. The van der Waals surface area contributed by atoms with Crippen LogP contribution >= 0.6 is 0 Å². The van der Waals surface area contributed by atoms with Gasteiger partial charge in [-0.15, -0.1) is 78.9 Å². The summed E-state index contributed by atoms with van der Waals surface area (Å²) in [7, 11) is 0. The number of aliphatic hydroxyl groups is 2. The lowest BCUT2D eigenvalue weighted by atomic mass is 10.3. The average Bonchev–Trinajstić information content (AvgIpc) is 2.86. The second-order valence-corrected chi connectivity index (χ2v) is 2.45. The summed E-state index contributed by atoms with van der Waals surface area (Å²) in [5, 5.41) is 15.2. The summed E-state index contributed by atoms with van der Waals surface area (Å²) in [6.45, 7) is 39.0. The molecule has 0 saturated heterocycles. The molecule has 0 saturated carbocycles. The van der Waals surface area contributed by atoms with Crippen LogP contribution in [0.3, 0.4) is 0 Å². The van der Waals surface area contributed by atoms with Gasteiger partial charge >= 0.3 is 5.97 Å². The van der Waals surface area contributed by atoms with Gasteiger partial charge in [0.25, 0.3) is 0 Å². The summed E-state index contributed by atoms with van der Waals surface area (Å²) in [5.41, 5.74) is 0. The van der Waals surface area contributed by atoms with Crippen molar-refractivity contribution in [2.45, 2.75) is 0 Å². The average molecular weight is 395 g/mol. The third kappa shape index (κ3) is 66.4. The van der Waals surface area contributed by atoms with Crippen LogP contribution in [0.25, 0.3) is 0 Å². The SMILES string of the molecule is C=C.C=C.C=C.C=C.C=C.C=C.C=CC(=O)OOc1ccccc1.OCCO. The van der Waals surface area contributed by atoms with Gasteiger partial charge in [-0.1, -0.05) is 24.8 Å². The van der Waals surface area contributed by atoms with Gasteiger partial charge in [-0.05, 0) is 12.1 Å². The molecule has 0 radical (unpaired) electrons. The zero-order valence-electron chi connectivity index (χ0n) is 17.2. The number of aliphatic hydroxyl groups excluding tert-OH is 2. The number of carbonyl (C=O) groups excluding carboxylic acids is 1.